The summed E-state index contributed by atoms with van der Waals surface area (Å²) < 4.78 is 59.7. The van der Waals surface area contributed by atoms with E-state index >= 15 is 0 Å². The van der Waals surface area contributed by atoms with Crippen LogP contribution in [-0.2, 0) is 9.84 Å². The van der Waals surface area contributed by atoms with E-state index in [1.54, 1.807) is 0 Å². The number of sulfone groups is 1. The minimum Gasteiger partial charge on any atom is -0.275 e. The number of halogens is 4. The number of alkyl halides is 3. The molecular weight excluding hydrogens is 333 g/mol. The standard InChI is InChI=1S/C10H4ClF3N4O2S/c11-8-2-1-7(21(19,20)10(12,13)14)3-9(8)18-17-6(4-15)5-16/h1-3,18H. The van der Waals surface area contributed by atoms with Crippen LogP contribution < -0.4 is 5.43 Å². The average molecular weight is 337 g/mol. The molecule has 21 heavy (non-hydrogen) atoms. The number of nitrogens with zero attached hydrogens (tertiary/aromatic N) is 3. The smallest absolute Gasteiger partial charge is 0.275 e. The maximum Gasteiger partial charge on any atom is 0.501 e. The van der Waals surface area contributed by atoms with Gasteiger partial charge in [0.25, 0.3) is 9.84 Å². The van der Waals surface area contributed by atoms with Crippen LogP contribution in [-0.4, -0.2) is 19.6 Å². The van der Waals surface area contributed by atoms with Gasteiger partial charge in [0.15, 0.2) is 0 Å². The molecule has 0 saturated carbocycles. The molecule has 0 spiro atoms. The van der Waals surface area contributed by atoms with Crippen LogP contribution in [0.2, 0.25) is 5.02 Å². The molecule has 0 aliphatic carbocycles. The van der Waals surface area contributed by atoms with E-state index in [-0.39, 0.29) is 10.7 Å². The van der Waals surface area contributed by atoms with Crippen molar-refractivity contribution in [1.82, 2.24) is 0 Å². The first-order valence-electron chi connectivity index (χ1n) is 4.88. The number of hydrogen-bond acceptors (Lipinski definition) is 6. The normalized spacial score (nSPS) is 11.1. The molecule has 1 aromatic rings. The van der Waals surface area contributed by atoms with E-state index in [1.807, 2.05) is 0 Å². The Morgan fingerprint density at radius 3 is 2.33 bits per heavy atom. The summed E-state index contributed by atoms with van der Waals surface area (Å²) >= 11 is 5.66. The van der Waals surface area contributed by atoms with E-state index in [0.717, 1.165) is 6.07 Å². The molecule has 0 amide bonds. The number of hydrazone groups is 1. The van der Waals surface area contributed by atoms with Gasteiger partial charge in [0, 0.05) is 0 Å². The Hall–Kier alpha value is -2.30. The van der Waals surface area contributed by atoms with Crippen molar-refractivity contribution >= 4 is 32.8 Å². The molecule has 0 aliphatic heterocycles. The van der Waals surface area contributed by atoms with Gasteiger partial charge < -0.3 is 0 Å². The highest BCUT2D eigenvalue weighted by Crippen LogP contribution is 2.33. The van der Waals surface area contributed by atoms with Crippen molar-refractivity contribution in [2.75, 3.05) is 5.43 Å². The van der Waals surface area contributed by atoms with Gasteiger partial charge in [0.2, 0.25) is 5.71 Å². The number of anilines is 1. The van der Waals surface area contributed by atoms with Crippen molar-refractivity contribution in [1.29, 1.82) is 10.5 Å². The Morgan fingerprint density at radius 2 is 1.86 bits per heavy atom. The molecule has 1 aromatic carbocycles. The average Bonchev–Trinajstić information content (AvgIpc) is 2.40. The lowest BCUT2D eigenvalue weighted by atomic mass is 10.3. The summed E-state index contributed by atoms with van der Waals surface area (Å²) in [5, 5.41) is 20.0. The Kier molecular flexibility index (Phi) is 4.78. The second-order valence-corrected chi connectivity index (χ2v) is 5.74. The van der Waals surface area contributed by atoms with Crippen LogP contribution in [0.25, 0.3) is 0 Å². The Labute approximate surface area is 122 Å². The molecule has 110 valence electrons. The van der Waals surface area contributed by atoms with Crippen LogP contribution in [0.15, 0.2) is 28.2 Å². The van der Waals surface area contributed by atoms with Gasteiger partial charge in [-0.2, -0.15) is 28.8 Å². The zero-order chi connectivity index (χ0) is 16.3. The van der Waals surface area contributed by atoms with Crippen molar-refractivity contribution in [2.45, 2.75) is 10.4 Å². The third-order valence-electron chi connectivity index (χ3n) is 2.05. The molecule has 11 heteroatoms. The molecule has 0 heterocycles. The molecule has 1 N–H and O–H groups in total. The molecule has 0 saturated heterocycles. The van der Waals surface area contributed by atoms with Crippen LogP contribution in [0.5, 0.6) is 0 Å². The Balaban J connectivity index is 3.29. The monoisotopic (exact) mass is 336 g/mol. The lowest BCUT2D eigenvalue weighted by Crippen LogP contribution is -2.23. The van der Waals surface area contributed by atoms with Crippen LogP contribution in [0.1, 0.15) is 0 Å². The van der Waals surface area contributed by atoms with Crippen molar-refractivity contribution in [3.8, 4) is 12.1 Å². The lowest BCUT2D eigenvalue weighted by Gasteiger charge is -2.10. The molecule has 1 rings (SSSR count). The van der Waals surface area contributed by atoms with E-state index in [4.69, 9.17) is 22.1 Å². The van der Waals surface area contributed by atoms with Gasteiger partial charge in [-0.25, -0.2) is 8.42 Å². The van der Waals surface area contributed by atoms with E-state index in [9.17, 15) is 21.6 Å². The summed E-state index contributed by atoms with van der Waals surface area (Å²) in [4.78, 5) is -1.05. The molecule has 0 radical (unpaired) electrons. The largest absolute Gasteiger partial charge is 0.501 e. The van der Waals surface area contributed by atoms with Crippen molar-refractivity contribution in [2.24, 2.45) is 5.10 Å². The van der Waals surface area contributed by atoms with Gasteiger partial charge in [-0.05, 0) is 18.2 Å². The van der Waals surface area contributed by atoms with Crippen LogP contribution >= 0.6 is 11.6 Å². The van der Waals surface area contributed by atoms with E-state index < -0.39 is 26.0 Å². The van der Waals surface area contributed by atoms with E-state index in [1.165, 1.54) is 12.1 Å². The van der Waals surface area contributed by atoms with Crippen molar-refractivity contribution in [3.05, 3.63) is 23.2 Å². The highest BCUT2D eigenvalue weighted by atomic mass is 35.5. The SMILES string of the molecule is N#CC(C#N)=NNc1cc(S(=O)(=O)C(F)(F)F)ccc1Cl. The summed E-state index contributed by atoms with van der Waals surface area (Å²) in [7, 11) is -5.54. The zero-order valence-corrected chi connectivity index (χ0v) is 11.4. The highest BCUT2D eigenvalue weighted by Gasteiger charge is 2.47. The van der Waals surface area contributed by atoms with Crippen LogP contribution in [0.3, 0.4) is 0 Å². The van der Waals surface area contributed by atoms with Crippen LogP contribution in [0.4, 0.5) is 18.9 Å². The predicted octanol–water partition coefficient (Wildman–Crippen LogP) is 2.45. The van der Waals surface area contributed by atoms with Crippen molar-refractivity contribution in [3.63, 3.8) is 0 Å². The Bertz CT molecular complexity index is 759. The molecule has 0 atom stereocenters. The van der Waals surface area contributed by atoms with E-state index in [0.29, 0.717) is 12.1 Å². The lowest BCUT2D eigenvalue weighted by molar-refractivity contribution is -0.0435. The van der Waals surface area contributed by atoms with Gasteiger partial charge in [-0.1, -0.05) is 11.6 Å². The fraction of sp³-hybridized carbons (Fsp3) is 0.100. The number of nitriles is 2. The first-order valence-corrected chi connectivity index (χ1v) is 6.74. The summed E-state index contributed by atoms with van der Waals surface area (Å²) in [5.41, 5.74) is -4.32. The first-order chi connectivity index (χ1) is 9.63. The molecule has 0 aromatic heterocycles. The summed E-state index contributed by atoms with van der Waals surface area (Å²) in [6.45, 7) is 0. The third kappa shape index (κ3) is 3.62. The predicted molar refractivity (Wildman–Crippen MR) is 67.0 cm³/mol. The highest BCUT2D eigenvalue weighted by molar-refractivity contribution is 7.92. The molecule has 0 fully saturated rings. The van der Waals surface area contributed by atoms with Crippen molar-refractivity contribution < 1.29 is 21.6 Å². The summed E-state index contributed by atoms with van der Waals surface area (Å²) in [5.74, 6) is 0. The number of hydrogen-bond donors (Lipinski definition) is 1. The molecule has 0 unspecified atom stereocenters. The quantitative estimate of drug-likeness (QED) is 0.674. The number of rotatable bonds is 3. The van der Waals surface area contributed by atoms with Gasteiger partial charge in [0.1, 0.15) is 12.1 Å². The molecular formula is C10H4ClF3N4O2S. The van der Waals surface area contributed by atoms with Crippen LogP contribution in [0, 0.1) is 22.7 Å². The van der Waals surface area contributed by atoms with Gasteiger partial charge in [-0.15, -0.1) is 0 Å². The summed E-state index contributed by atoms with van der Waals surface area (Å²) in [6.07, 6.45) is 0. The molecule has 6 nitrogen and oxygen atoms in total. The number of benzene rings is 1. The topological polar surface area (TPSA) is 106 Å². The maximum atomic E-state index is 12.4. The number of nitrogens with one attached hydrogen (secondary N) is 1. The van der Waals surface area contributed by atoms with Gasteiger partial charge in [-0.3, -0.25) is 5.43 Å². The maximum absolute atomic E-state index is 12.4. The minimum atomic E-state index is -5.54. The minimum absolute atomic E-state index is 0.143. The fourth-order valence-corrected chi connectivity index (χ4v) is 2.03. The van der Waals surface area contributed by atoms with Gasteiger partial charge in [0.05, 0.1) is 15.6 Å². The fourth-order valence-electron chi connectivity index (χ4n) is 1.08. The molecule has 0 bridgehead atoms. The Morgan fingerprint density at radius 1 is 1.29 bits per heavy atom. The first kappa shape index (κ1) is 16.8. The summed E-state index contributed by atoms with van der Waals surface area (Å²) in [6, 6.07) is 4.98. The van der Waals surface area contributed by atoms with E-state index in [2.05, 4.69) is 10.5 Å². The third-order valence-corrected chi connectivity index (χ3v) is 3.87. The zero-order valence-electron chi connectivity index (χ0n) is 9.81. The van der Waals surface area contributed by atoms with Gasteiger partial charge >= 0.3 is 5.51 Å². The second kappa shape index (κ2) is 5.99. The second-order valence-electron chi connectivity index (χ2n) is 3.39. The molecule has 0 aliphatic rings.